The Balaban J connectivity index is 2.01. The lowest BCUT2D eigenvalue weighted by atomic mass is 10.1. The molecule has 1 heterocycles. The second kappa shape index (κ2) is 6.38. The van der Waals surface area contributed by atoms with Gasteiger partial charge in [-0.15, -0.1) is 10.2 Å². The average molecular weight is 267 g/mol. The number of nitrogens with one attached hydrogen (secondary N) is 1. The number of rotatable bonds is 6. The predicted molar refractivity (Wildman–Crippen MR) is 65.7 cm³/mol. The molecular formula is C13H15F2N3O. The highest BCUT2D eigenvalue weighted by molar-refractivity contribution is 5.21. The van der Waals surface area contributed by atoms with Gasteiger partial charge in [0.25, 0.3) is 0 Å². The van der Waals surface area contributed by atoms with Gasteiger partial charge in [0.05, 0.1) is 6.42 Å². The zero-order valence-corrected chi connectivity index (χ0v) is 10.6. The van der Waals surface area contributed by atoms with Crippen molar-refractivity contribution in [1.82, 2.24) is 15.5 Å². The third kappa shape index (κ3) is 3.57. The Kier molecular flexibility index (Phi) is 4.57. The van der Waals surface area contributed by atoms with Crippen LogP contribution in [-0.4, -0.2) is 23.3 Å². The molecule has 1 N–H and O–H groups in total. The van der Waals surface area contributed by atoms with Crippen LogP contribution in [0.15, 0.2) is 22.6 Å². The SMILES string of the molecule is CCNCCc1nnc(Cc2cccc(F)c2F)o1. The summed E-state index contributed by atoms with van der Waals surface area (Å²) < 4.78 is 31.9. The van der Waals surface area contributed by atoms with Crippen LogP contribution in [0.5, 0.6) is 0 Å². The lowest BCUT2D eigenvalue weighted by Gasteiger charge is -2.00. The van der Waals surface area contributed by atoms with Crippen LogP contribution in [0.4, 0.5) is 8.78 Å². The third-order valence-electron chi connectivity index (χ3n) is 2.65. The fourth-order valence-electron chi connectivity index (χ4n) is 1.68. The Morgan fingerprint density at radius 2 is 2.00 bits per heavy atom. The Labute approximate surface area is 109 Å². The maximum Gasteiger partial charge on any atom is 0.221 e. The van der Waals surface area contributed by atoms with Gasteiger partial charge in [-0.25, -0.2) is 8.78 Å². The zero-order chi connectivity index (χ0) is 13.7. The van der Waals surface area contributed by atoms with E-state index in [4.69, 9.17) is 4.42 Å². The molecule has 0 bridgehead atoms. The molecule has 0 aliphatic heterocycles. The van der Waals surface area contributed by atoms with Crippen molar-refractivity contribution in [3.8, 4) is 0 Å². The van der Waals surface area contributed by atoms with Crippen molar-refractivity contribution >= 4 is 0 Å². The van der Waals surface area contributed by atoms with Gasteiger partial charge in [0.1, 0.15) is 0 Å². The molecular weight excluding hydrogens is 252 g/mol. The molecule has 1 aromatic carbocycles. The summed E-state index contributed by atoms with van der Waals surface area (Å²) in [4.78, 5) is 0. The standard InChI is InChI=1S/C13H15F2N3O/c1-2-16-7-6-11-17-18-12(19-11)8-9-4-3-5-10(14)13(9)15/h3-5,16H,2,6-8H2,1H3. The summed E-state index contributed by atoms with van der Waals surface area (Å²) in [7, 11) is 0. The number of aromatic nitrogens is 2. The topological polar surface area (TPSA) is 51.0 Å². The largest absolute Gasteiger partial charge is 0.425 e. The number of benzene rings is 1. The number of nitrogens with zero attached hydrogens (tertiary/aromatic N) is 2. The third-order valence-corrected chi connectivity index (χ3v) is 2.65. The molecule has 0 saturated heterocycles. The molecule has 0 saturated carbocycles. The monoisotopic (exact) mass is 267 g/mol. The van der Waals surface area contributed by atoms with Gasteiger partial charge in [0.15, 0.2) is 11.6 Å². The lowest BCUT2D eigenvalue weighted by molar-refractivity contribution is 0.446. The summed E-state index contributed by atoms with van der Waals surface area (Å²) in [6, 6.07) is 4.03. The Bertz CT molecular complexity index is 542. The van der Waals surface area contributed by atoms with Gasteiger partial charge in [0.2, 0.25) is 11.8 Å². The molecule has 2 aromatic rings. The highest BCUT2D eigenvalue weighted by Crippen LogP contribution is 2.15. The van der Waals surface area contributed by atoms with Crippen molar-refractivity contribution in [2.24, 2.45) is 0 Å². The quantitative estimate of drug-likeness (QED) is 0.814. The van der Waals surface area contributed by atoms with Gasteiger partial charge in [-0.3, -0.25) is 0 Å². The Morgan fingerprint density at radius 3 is 2.79 bits per heavy atom. The predicted octanol–water partition coefficient (Wildman–Crippen LogP) is 2.09. The van der Waals surface area contributed by atoms with Gasteiger partial charge in [0, 0.05) is 18.5 Å². The van der Waals surface area contributed by atoms with E-state index in [-0.39, 0.29) is 17.9 Å². The zero-order valence-electron chi connectivity index (χ0n) is 10.6. The Morgan fingerprint density at radius 1 is 1.21 bits per heavy atom. The molecule has 4 nitrogen and oxygen atoms in total. The van der Waals surface area contributed by atoms with Crippen LogP contribution >= 0.6 is 0 Å². The first-order valence-corrected chi connectivity index (χ1v) is 6.15. The Hall–Kier alpha value is -1.82. The normalized spacial score (nSPS) is 10.9. The van der Waals surface area contributed by atoms with Crippen LogP contribution in [0, 0.1) is 11.6 Å². The van der Waals surface area contributed by atoms with Gasteiger partial charge in [-0.1, -0.05) is 19.1 Å². The van der Waals surface area contributed by atoms with E-state index in [0.717, 1.165) is 19.2 Å². The van der Waals surface area contributed by atoms with Crippen LogP contribution in [0.25, 0.3) is 0 Å². The number of likely N-dealkylation sites (N-methyl/N-ethyl adjacent to an activating group) is 1. The maximum absolute atomic E-state index is 13.5. The minimum absolute atomic E-state index is 0.0950. The van der Waals surface area contributed by atoms with Gasteiger partial charge < -0.3 is 9.73 Å². The molecule has 0 spiro atoms. The molecule has 0 radical (unpaired) electrons. The van der Waals surface area contributed by atoms with Crippen molar-refractivity contribution in [2.45, 2.75) is 19.8 Å². The van der Waals surface area contributed by atoms with E-state index in [2.05, 4.69) is 15.5 Å². The summed E-state index contributed by atoms with van der Waals surface area (Å²) in [6.07, 6.45) is 0.713. The summed E-state index contributed by atoms with van der Waals surface area (Å²) in [5.74, 6) is -0.956. The van der Waals surface area contributed by atoms with E-state index in [0.29, 0.717) is 12.3 Å². The van der Waals surface area contributed by atoms with Crippen LogP contribution < -0.4 is 5.32 Å². The van der Waals surface area contributed by atoms with Gasteiger partial charge in [-0.2, -0.15) is 0 Å². The van der Waals surface area contributed by atoms with Crippen LogP contribution in [0.1, 0.15) is 24.3 Å². The molecule has 0 aliphatic carbocycles. The van der Waals surface area contributed by atoms with Crippen molar-refractivity contribution in [3.63, 3.8) is 0 Å². The highest BCUT2D eigenvalue weighted by Gasteiger charge is 2.12. The lowest BCUT2D eigenvalue weighted by Crippen LogP contribution is -2.16. The van der Waals surface area contributed by atoms with Gasteiger partial charge >= 0.3 is 0 Å². The average Bonchev–Trinajstić information content (AvgIpc) is 2.83. The molecule has 6 heteroatoms. The van der Waals surface area contributed by atoms with Crippen molar-refractivity contribution < 1.29 is 13.2 Å². The molecule has 19 heavy (non-hydrogen) atoms. The summed E-state index contributed by atoms with van der Waals surface area (Å²) in [5.41, 5.74) is 0.210. The second-order valence-electron chi connectivity index (χ2n) is 4.08. The first kappa shape index (κ1) is 13.6. The number of hydrogen-bond acceptors (Lipinski definition) is 4. The molecule has 2 rings (SSSR count). The van der Waals surface area contributed by atoms with Crippen molar-refractivity contribution in [1.29, 1.82) is 0 Å². The van der Waals surface area contributed by atoms with Crippen LogP contribution in [-0.2, 0) is 12.8 Å². The van der Waals surface area contributed by atoms with E-state index < -0.39 is 11.6 Å². The van der Waals surface area contributed by atoms with Gasteiger partial charge in [-0.05, 0) is 12.6 Å². The fraction of sp³-hybridized carbons (Fsp3) is 0.385. The molecule has 1 aromatic heterocycles. The number of hydrogen-bond donors (Lipinski definition) is 1. The summed E-state index contributed by atoms with van der Waals surface area (Å²) in [5, 5.41) is 10.8. The van der Waals surface area contributed by atoms with E-state index >= 15 is 0 Å². The summed E-state index contributed by atoms with van der Waals surface area (Å²) >= 11 is 0. The molecule has 0 aliphatic rings. The van der Waals surface area contributed by atoms with E-state index in [1.807, 2.05) is 6.92 Å². The highest BCUT2D eigenvalue weighted by atomic mass is 19.2. The van der Waals surface area contributed by atoms with Crippen molar-refractivity contribution in [2.75, 3.05) is 13.1 Å². The summed E-state index contributed by atoms with van der Waals surface area (Å²) in [6.45, 7) is 3.62. The molecule has 0 unspecified atom stereocenters. The maximum atomic E-state index is 13.5. The van der Waals surface area contributed by atoms with E-state index in [9.17, 15) is 8.78 Å². The van der Waals surface area contributed by atoms with E-state index in [1.165, 1.54) is 12.1 Å². The van der Waals surface area contributed by atoms with E-state index in [1.54, 1.807) is 0 Å². The first-order valence-electron chi connectivity index (χ1n) is 6.15. The fourth-order valence-corrected chi connectivity index (χ4v) is 1.68. The number of halogens is 2. The van der Waals surface area contributed by atoms with Crippen LogP contribution in [0.2, 0.25) is 0 Å². The van der Waals surface area contributed by atoms with Crippen molar-refractivity contribution in [3.05, 3.63) is 47.2 Å². The molecule has 0 amide bonds. The molecule has 0 atom stereocenters. The molecule has 102 valence electrons. The van der Waals surface area contributed by atoms with Crippen LogP contribution in [0.3, 0.4) is 0 Å². The minimum atomic E-state index is -0.871. The minimum Gasteiger partial charge on any atom is -0.425 e. The second-order valence-corrected chi connectivity index (χ2v) is 4.08. The smallest absolute Gasteiger partial charge is 0.221 e. The first-order chi connectivity index (χ1) is 9.20. The molecule has 0 fully saturated rings.